The lowest BCUT2D eigenvalue weighted by molar-refractivity contribution is -0.126. The molecule has 2 N–H and O–H groups in total. The van der Waals surface area contributed by atoms with Gasteiger partial charge in [-0.15, -0.1) is 22.7 Å². The second-order valence-corrected chi connectivity index (χ2v) is 8.97. The van der Waals surface area contributed by atoms with Crippen LogP contribution in [0.4, 0.5) is 0 Å². The van der Waals surface area contributed by atoms with E-state index in [0.29, 0.717) is 13.1 Å². The summed E-state index contributed by atoms with van der Waals surface area (Å²) in [6.07, 6.45) is 5.73. The third kappa shape index (κ3) is 5.53. The van der Waals surface area contributed by atoms with Gasteiger partial charge >= 0.3 is 0 Å². The SMILES string of the molecule is O=C(Cc1csc(-c2ccc(Cl)s2)n1)NCCNC(=O)C1CCCCC1. The summed E-state index contributed by atoms with van der Waals surface area (Å²) in [5, 5.41) is 8.53. The molecule has 1 fully saturated rings. The van der Waals surface area contributed by atoms with Crippen molar-refractivity contribution in [2.75, 3.05) is 13.1 Å². The first-order chi connectivity index (χ1) is 12.6. The number of aromatic nitrogens is 1. The Labute approximate surface area is 166 Å². The van der Waals surface area contributed by atoms with Crippen LogP contribution in [0.25, 0.3) is 9.88 Å². The molecule has 0 bridgehead atoms. The summed E-state index contributed by atoms with van der Waals surface area (Å²) in [6, 6.07) is 3.78. The van der Waals surface area contributed by atoms with E-state index in [0.717, 1.165) is 45.6 Å². The molecule has 2 aromatic heterocycles. The number of hydrogen-bond donors (Lipinski definition) is 2. The lowest BCUT2D eigenvalue weighted by atomic mass is 9.89. The Hall–Kier alpha value is -1.44. The number of carbonyl (C=O) groups excluding carboxylic acids is 2. The van der Waals surface area contributed by atoms with Crippen LogP contribution < -0.4 is 10.6 Å². The predicted molar refractivity (Wildman–Crippen MR) is 107 cm³/mol. The molecule has 0 radical (unpaired) electrons. The normalized spacial score (nSPS) is 15.0. The molecule has 26 heavy (non-hydrogen) atoms. The molecular weight excluding hydrogens is 390 g/mol. The minimum Gasteiger partial charge on any atom is -0.354 e. The van der Waals surface area contributed by atoms with Crippen molar-refractivity contribution < 1.29 is 9.59 Å². The van der Waals surface area contributed by atoms with Crippen LogP contribution in [-0.2, 0) is 16.0 Å². The van der Waals surface area contributed by atoms with E-state index in [-0.39, 0.29) is 24.2 Å². The van der Waals surface area contributed by atoms with Gasteiger partial charge in [-0.05, 0) is 25.0 Å². The van der Waals surface area contributed by atoms with Crippen LogP contribution in [0.15, 0.2) is 17.5 Å². The van der Waals surface area contributed by atoms with E-state index in [1.54, 1.807) is 0 Å². The van der Waals surface area contributed by atoms with Crippen LogP contribution in [0.1, 0.15) is 37.8 Å². The number of nitrogens with one attached hydrogen (secondary N) is 2. The molecule has 140 valence electrons. The zero-order chi connectivity index (χ0) is 18.4. The summed E-state index contributed by atoms with van der Waals surface area (Å²) in [7, 11) is 0. The largest absolute Gasteiger partial charge is 0.354 e. The monoisotopic (exact) mass is 411 g/mol. The standard InChI is InChI=1S/C18H22ClN3O2S2/c19-15-7-6-14(26-15)18-22-13(11-25-18)10-16(23)20-8-9-21-17(24)12-4-2-1-3-5-12/h6-7,11-12H,1-5,8-10H2,(H,20,23)(H,21,24). The minimum atomic E-state index is -0.0852. The lowest BCUT2D eigenvalue weighted by Gasteiger charge is -2.20. The second kappa shape index (κ2) is 9.48. The van der Waals surface area contributed by atoms with Crippen molar-refractivity contribution in [3.05, 3.63) is 27.5 Å². The van der Waals surface area contributed by atoms with Crippen LogP contribution in [0.5, 0.6) is 0 Å². The quantitative estimate of drug-likeness (QED) is 0.679. The van der Waals surface area contributed by atoms with Crippen LogP contribution in [0.3, 0.4) is 0 Å². The summed E-state index contributed by atoms with van der Waals surface area (Å²) in [4.78, 5) is 29.6. The van der Waals surface area contributed by atoms with E-state index in [1.165, 1.54) is 29.1 Å². The Kier molecular flexibility index (Phi) is 7.05. The summed E-state index contributed by atoms with van der Waals surface area (Å²) in [5.41, 5.74) is 0.748. The smallest absolute Gasteiger partial charge is 0.226 e. The average molecular weight is 412 g/mol. The molecule has 0 aliphatic heterocycles. The van der Waals surface area contributed by atoms with E-state index in [9.17, 15) is 9.59 Å². The van der Waals surface area contributed by atoms with Gasteiger partial charge in [0.25, 0.3) is 0 Å². The summed E-state index contributed by atoms with van der Waals surface area (Å²) in [6.45, 7) is 0.909. The maximum atomic E-state index is 12.0. The highest BCUT2D eigenvalue weighted by molar-refractivity contribution is 7.23. The number of carbonyl (C=O) groups is 2. The van der Waals surface area contributed by atoms with Gasteiger partial charge in [0.05, 0.1) is 21.3 Å². The number of amides is 2. The molecule has 1 aliphatic rings. The van der Waals surface area contributed by atoms with Gasteiger partial charge in [0.2, 0.25) is 11.8 Å². The Balaban J connectivity index is 1.36. The average Bonchev–Trinajstić information content (AvgIpc) is 3.28. The molecular formula is C18H22ClN3O2S2. The molecule has 0 atom stereocenters. The van der Waals surface area contributed by atoms with Crippen LogP contribution in [0, 0.1) is 5.92 Å². The van der Waals surface area contributed by atoms with Gasteiger partial charge in [-0.3, -0.25) is 9.59 Å². The molecule has 2 aromatic rings. The molecule has 1 aliphatic carbocycles. The Morgan fingerprint density at radius 1 is 1.15 bits per heavy atom. The van der Waals surface area contributed by atoms with Gasteiger partial charge in [0.15, 0.2) is 0 Å². The first-order valence-corrected chi connectivity index (χ1v) is 10.9. The molecule has 5 nitrogen and oxygen atoms in total. The molecule has 0 aromatic carbocycles. The fourth-order valence-electron chi connectivity index (χ4n) is 3.05. The zero-order valence-corrected chi connectivity index (χ0v) is 16.8. The highest BCUT2D eigenvalue weighted by atomic mass is 35.5. The van der Waals surface area contributed by atoms with Crippen LogP contribution >= 0.6 is 34.3 Å². The molecule has 3 rings (SSSR count). The first-order valence-electron chi connectivity index (χ1n) is 8.86. The zero-order valence-electron chi connectivity index (χ0n) is 14.4. The second-order valence-electron chi connectivity index (χ2n) is 6.40. The first kappa shape index (κ1) is 19.3. The van der Waals surface area contributed by atoms with Crippen molar-refractivity contribution in [2.45, 2.75) is 38.5 Å². The van der Waals surface area contributed by atoms with Crippen LogP contribution in [-0.4, -0.2) is 29.9 Å². The van der Waals surface area contributed by atoms with Gasteiger partial charge in [0.1, 0.15) is 5.01 Å². The highest BCUT2D eigenvalue weighted by Gasteiger charge is 2.20. The van der Waals surface area contributed by atoms with Crippen LogP contribution in [0.2, 0.25) is 4.34 Å². The van der Waals surface area contributed by atoms with E-state index in [2.05, 4.69) is 15.6 Å². The summed E-state index contributed by atoms with van der Waals surface area (Å²) < 4.78 is 0.727. The van der Waals surface area contributed by atoms with Gasteiger partial charge in [-0.1, -0.05) is 30.9 Å². The number of halogens is 1. The Morgan fingerprint density at radius 2 is 1.92 bits per heavy atom. The molecule has 1 saturated carbocycles. The minimum absolute atomic E-state index is 0.0852. The highest BCUT2D eigenvalue weighted by Crippen LogP contribution is 2.32. The number of thiazole rings is 1. The third-order valence-electron chi connectivity index (χ3n) is 4.40. The van der Waals surface area contributed by atoms with Crippen molar-refractivity contribution >= 4 is 46.1 Å². The van der Waals surface area contributed by atoms with Gasteiger partial charge in [0, 0.05) is 24.4 Å². The number of rotatable bonds is 7. The van der Waals surface area contributed by atoms with Crippen molar-refractivity contribution in [3.8, 4) is 9.88 Å². The summed E-state index contributed by atoms with van der Waals surface area (Å²) in [5.74, 6) is 0.189. The van der Waals surface area contributed by atoms with Crippen molar-refractivity contribution in [2.24, 2.45) is 5.92 Å². The van der Waals surface area contributed by atoms with E-state index in [4.69, 9.17) is 11.6 Å². The van der Waals surface area contributed by atoms with Gasteiger partial charge in [-0.25, -0.2) is 4.98 Å². The molecule has 2 heterocycles. The van der Waals surface area contributed by atoms with E-state index < -0.39 is 0 Å². The van der Waals surface area contributed by atoms with Crippen molar-refractivity contribution in [1.29, 1.82) is 0 Å². The third-order valence-corrected chi connectivity index (χ3v) is 6.69. The molecule has 8 heteroatoms. The fourth-order valence-corrected chi connectivity index (χ4v) is 4.99. The Morgan fingerprint density at radius 3 is 2.65 bits per heavy atom. The topological polar surface area (TPSA) is 71.1 Å². The number of hydrogen-bond acceptors (Lipinski definition) is 5. The Bertz CT molecular complexity index is 753. The van der Waals surface area contributed by atoms with Crippen molar-refractivity contribution in [1.82, 2.24) is 15.6 Å². The maximum absolute atomic E-state index is 12.0. The molecule has 0 saturated heterocycles. The van der Waals surface area contributed by atoms with E-state index in [1.807, 2.05) is 17.5 Å². The fraction of sp³-hybridized carbons (Fsp3) is 0.500. The van der Waals surface area contributed by atoms with Crippen molar-refractivity contribution in [3.63, 3.8) is 0 Å². The summed E-state index contributed by atoms with van der Waals surface area (Å²) >= 11 is 8.93. The lowest BCUT2D eigenvalue weighted by Crippen LogP contribution is -2.38. The number of thiophene rings is 1. The van der Waals surface area contributed by atoms with Gasteiger partial charge < -0.3 is 10.6 Å². The molecule has 0 spiro atoms. The maximum Gasteiger partial charge on any atom is 0.226 e. The molecule has 0 unspecified atom stereocenters. The van der Waals surface area contributed by atoms with E-state index >= 15 is 0 Å². The predicted octanol–water partition coefficient (Wildman–Crippen LogP) is 3.88. The number of nitrogens with zero attached hydrogens (tertiary/aromatic N) is 1. The van der Waals surface area contributed by atoms with Gasteiger partial charge in [-0.2, -0.15) is 0 Å². The molecule has 2 amide bonds.